The molecule has 4 aromatic rings. The number of likely N-dealkylation sites (N-methyl/N-ethyl adjacent to an activating group) is 1. The first-order valence-corrected chi connectivity index (χ1v) is 13.1. The third-order valence-electron chi connectivity index (χ3n) is 6.39. The molecule has 1 aromatic heterocycles. The smallest absolute Gasteiger partial charge is 0.254 e. The predicted molar refractivity (Wildman–Crippen MR) is 149 cm³/mol. The molecule has 0 aliphatic rings. The Hall–Kier alpha value is -4.26. The van der Waals surface area contributed by atoms with E-state index in [1.807, 2.05) is 61.5 Å². The Morgan fingerprint density at radius 2 is 1.63 bits per heavy atom. The highest BCUT2D eigenvalue weighted by Gasteiger charge is 2.20. The Kier molecular flexibility index (Phi) is 9.03. The predicted octanol–water partition coefficient (Wildman–Crippen LogP) is 6.51. The second kappa shape index (κ2) is 12.8. The van der Waals surface area contributed by atoms with Crippen molar-refractivity contribution in [2.24, 2.45) is 0 Å². The minimum Gasteiger partial charge on any atom is -0.330 e. The van der Waals surface area contributed by atoms with Gasteiger partial charge in [0.2, 0.25) is 5.91 Å². The van der Waals surface area contributed by atoms with E-state index in [2.05, 4.69) is 17.3 Å². The number of unbranched alkanes of at least 4 members (excludes halogenated alkanes) is 2. The number of benzene rings is 3. The Bertz CT molecular complexity index is 1350. The lowest BCUT2D eigenvalue weighted by atomic mass is 10.0. The molecule has 4 rings (SSSR count). The summed E-state index contributed by atoms with van der Waals surface area (Å²) in [4.78, 5) is 27.7. The van der Waals surface area contributed by atoms with Gasteiger partial charge in [0.15, 0.2) is 0 Å². The molecule has 0 spiro atoms. The number of nitrogens with one attached hydrogen (secondary N) is 1. The van der Waals surface area contributed by atoms with Crippen LogP contribution in [-0.2, 0) is 11.2 Å². The van der Waals surface area contributed by atoms with Gasteiger partial charge in [-0.25, -0.2) is 9.07 Å². The summed E-state index contributed by atoms with van der Waals surface area (Å²) in [6, 6.07) is 24.9. The Morgan fingerprint density at radius 3 is 2.29 bits per heavy atom. The van der Waals surface area contributed by atoms with Crippen LogP contribution in [0.3, 0.4) is 0 Å². The van der Waals surface area contributed by atoms with E-state index in [4.69, 9.17) is 0 Å². The average molecular weight is 513 g/mol. The molecular weight excluding hydrogens is 479 g/mol. The van der Waals surface area contributed by atoms with E-state index in [0.717, 1.165) is 18.4 Å². The van der Waals surface area contributed by atoms with Crippen LogP contribution in [0.2, 0.25) is 0 Å². The van der Waals surface area contributed by atoms with Crippen molar-refractivity contribution in [3.8, 4) is 16.9 Å². The molecule has 2 amide bonds. The van der Waals surface area contributed by atoms with Crippen LogP contribution in [0.5, 0.6) is 0 Å². The monoisotopic (exact) mass is 512 g/mol. The molecule has 1 heterocycles. The Labute approximate surface area is 223 Å². The molecule has 1 N–H and O–H groups in total. The molecule has 3 aromatic carbocycles. The number of aromatic nitrogens is 2. The maximum atomic E-state index is 13.5. The zero-order valence-electron chi connectivity index (χ0n) is 21.9. The molecule has 0 saturated carbocycles. The van der Waals surface area contributed by atoms with Crippen LogP contribution in [0.25, 0.3) is 16.9 Å². The number of carbonyl (C=O) groups excluding carboxylic acids is 2. The maximum absolute atomic E-state index is 13.5. The molecule has 0 fully saturated rings. The SMILES string of the molecule is CCCCCc1ccc(C(=O)N(CC)CC(=O)Nc2cc(-c3ccccc3)nn2-c2ccc(F)cc2)cc1. The van der Waals surface area contributed by atoms with Gasteiger partial charge in [-0.3, -0.25) is 9.59 Å². The van der Waals surface area contributed by atoms with Crippen LogP contribution in [0.15, 0.2) is 84.9 Å². The summed E-state index contributed by atoms with van der Waals surface area (Å²) in [5.74, 6) is -0.472. The van der Waals surface area contributed by atoms with Crippen molar-refractivity contribution in [2.45, 2.75) is 39.5 Å². The minimum atomic E-state index is -0.360. The number of hydrogen-bond acceptors (Lipinski definition) is 3. The van der Waals surface area contributed by atoms with Crippen LogP contribution in [0.1, 0.15) is 49.0 Å². The van der Waals surface area contributed by atoms with Gasteiger partial charge in [0.25, 0.3) is 5.91 Å². The standard InChI is InChI=1S/C31H33FN4O2/c1-3-5-7-10-23-13-15-25(16-14-23)31(38)35(4-2)22-30(37)33-29-21-28(24-11-8-6-9-12-24)34-36(29)27-19-17-26(32)18-20-27/h6,8-9,11-21H,3-5,7,10,22H2,1-2H3,(H,33,37). The van der Waals surface area contributed by atoms with Gasteiger partial charge in [0, 0.05) is 23.7 Å². The number of nitrogens with zero attached hydrogens (tertiary/aromatic N) is 3. The lowest BCUT2D eigenvalue weighted by molar-refractivity contribution is -0.116. The van der Waals surface area contributed by atoms with E-state index >= 15 is 0 Å². The summed E-state index contributed by atoms with van der Waals surface area (Å²) in [5, 5.41) is 7.55. The molecule has 0 aliphatic heterocycles. The van der Waals surface area contributed by atoms with Gasteiger partial charge >= 0.3 is 0 Å². The average Bonchev–Trinajstić information content (AvgIpc) is 3.36. The number of rotatable bonds is 11. The molecule has 0 saturated heterocycles. The lowest BCUT2D eigenvalue weighted by Crippen LogP contribution is -2.38. The van der Waals surface area contributed by atoms with E-state index in [1.54, 1.807) is 22.9 Å². The second-order valence-corrected chi connectivity index (χ2v) is 9.19. The largest absolute Gasteiger partial charge is 0.330 e. The van der Waals surface area contributed by atoms with E-state index in [-0.39, 0.29) is 24.2 Å². The highest BCUT2D eigenvalue weighted by atomic mass is 19.1. The molecule has 7 heteroatoms. The van der Waals surface area contributed by atoms with Crippen molar-refractivity contribution in [3.63, 3.8) is 0 Å². The summed E-state index contributed by atoms with van der Waals surface area (Å²) < 4.78 is 15.1. The molecule has 196 valence electrons. The Balaban J connectivity index is 1.49. The summed E-state index contributed by atoms with van der Waals surface area (Å²) >= 11 is 0. The van der Waals surface area contributed by atoms with E-state index in [1.165, 1.54) is 35.4 Å². The maximum Gasteiger partial charge on any atom is 0.254 e. The summed E-state index contributed by atoms with van der Waals surface area (Å²) in [6.45, 7) is 4.30. The fraction of sp³-hybridized carbons (Fsp3) is 0.258. The zero-order valence-corrected chi connectivity index (χ0v) is 21.9. The van der Waals surface area contributed by atoms with Crippen LogP contribution in [0.4, 0.5) is 10.2 Å². The number of anilines is 1. The molecular formula is C31H33FN4O2. The first-order chi connectivity index (χ1) is 18.5. The lowest BCUT2D eigenvalue weighted by Gasteiger charge is -2.20. The van der Waals surface area contributed by atoms with Crippen molar-refractivity contribution in [2.75, 3.05) is 18.4 Å². The Morgan fingerprint density at radius 1 is 0.921 bits per heavy atom. The van der Waals surface area contributed by atoms with Crippen LogP contribution < -0.4 is 5.32 Å². The molecule has 38 heavy (non-hydrogen) atoms. The number of aryl methyl sites for hydroxylation is 1. The van der Waals surface area contributed by atoms with Crippen LogP contribution >= 0.6 is 0 Å². The highest BCUT2D eigenvalue weighted by molar-refractivity contribution is 5.99. The topological polar surface area (TPSA) is 67.2 Å². The molecule has 0 radical (unpaired) electrons. The number of carbonyl (C=O) groups is 2. The van der Waals surface area contributed by atoms with Crippen molar-refractivity contribution in [1.29, 1.82) is 0 Å². The first-order valence-electron chi connectivity index (χ1n) is 13.1. The van der Waals surface area contributed by atoms with Gasteiger partial charge < -0.3 is 10.2 Å². The minimum absolute atomic E-state index is 0.108. The van der Waals surface area contributed by atoms with Gasteiger partial charge in [-0.2, -0.15) is 5.10 Å². The molecule has 6 nitrogen and oxygen atoms in total. The molecule has 0 atom stereocenters. The zero-order chi connectivity index (χ0) is 26.9. The third kappa shape index (κ3) is 6.73. The third-order valence-corrected chi connectivity index (χ3v) is 6.39. The molecule has 0 unspecified atom stereocenters. The van der Waals surface area contributed by atoms with Gasteiger partial charge in [-0.15, -0.1) is 0 Å². The quantitative estimate of drug-likeness (QED) is 0.233. The number of hydrogen-bond donors (Lipinski definition) is 1. The molecule has 0 bridgehead atoms. The van der Waals surface area contributed by atoms with Gasteiger partial charge in [-0.1, -0.05) is 62.2 Å². The van der Waals surface area contributed by atoms with Crippen molar-refractivity contribution in [1.82, 2.24) is 14.7 Å². The highest BCUT2D eigenvalue weighted by Crippen LogP contribution is 2.25. The first kappa shape index (κ1) is 26.8. The van der Waals surface area contributed by atoms with Gasteiger partial charge in [0.1, 0.15) is 18.2 Å². The number of halogens is 1. The fourth-order valence-corrected chi connectivity index (χ4v) is 4.26. The van der Waals surface area contributed by atoms with Crippen LogP contribution in [-0.4, -0.2) is 39.6 Å². The summed E-state index contributed by atoms with van der Waals surface area (Å²) in [5.41, 5.74) is 3.91. The summed E-state index contributed by atoms with van der Waals surface area (Å²) in [6.07, 6.45) is 4.48. The second-order valence-electron chi connectivity index (χ2n) is 9.19. The fourth-order valence-electron chi connectivity index (χ4n) is 4.26. The van der Waals surface area contributed by atoms with Gasteiger partial charge in [0.05, 0.1) is 11.4 Å². The number of amides is 2. The van der Waals surface area contributed by atoms with Gasteiger partial charge in [-0.05, 0) is 61.7 Å². The normalized spacial score (nSPS) is 10.8. The van der Waals surface area contributed by atoms with Crippen molar-refractivity contribution < 1.29 is 14.0 Å². The van der Waals surface area contributed by atoms with Crippen molar-refractivity contribution >= 4 is 17.6 Å². The van der Waals surface area contributed by atoms with E-state index < -0.39 is 0 Å². The summed E-state index contributed by atoms with van der Waals surface area (Å²) in [7, 11) is 0. The van der Waals surface area contributed by atoms with E-state index in [0.29, 0.717) is 29.3 Å². The van der Waals surface area contributed by atoms with Crippen LogP contribution in [0, 0.1) is 5.82 Å². The molecule has 0 aliphatic carbocycles. The van der Waals surface area contributed by atoms with Crippen molar-refractivity contribution in [3.05, 3.63) is 102 Å². The van der Waals surface area contributed by atoms with E-state index in [9.17, 15) is 14.0 Å².